The highest BCUT2D eigenvalue weighted by molar-refractivity contribution is 6.00. The van der Waals surface area contributed by atoms with E-state index < -0.39 is 5.60 Å². The van der Waals surface area contributed by atoms with Gasteiger partial charge < -0.3 is 40.1 Å². The number of allylic oxidation sites excluding steroid dienone is 1. The second kappa shape index (κ2) is 8.50. The summed E-state index contributed by atoms with van der Waals surface area (Å²) in [6.07, 6.45) is 5.26. The lowest BCUT2D eigenvalue weighted by atomic mass is 9.81. The summed E-state index contributed by atoms with van der Waals surface area (Å²) in [4.78, 5) is 0. The maximum atomic E-state index is 11.3. The number of phenols is 6. The Kier molecular flexibility index (Phi) is 5.08. The molecule has 8 heteroatoms. The maximum absolute atomic E-state index is 11.3. The molecule has 0 spiro atoms. The molecule has 4 aromatic rings. The third-order valence-electron chi connectivity index (χ3n) is 7.75. The highest BCUT2D eigenvalue weighted by atomic mass is 16.5. The van der Waals surface area contributed by atoms with Gasteiger partial charge in [-0.15, -0.1) is 0 Å². The van der Waals surface area contributed by atoms with Gasteiger partial charge in [-0.1, -0.05) is 18.2 Å². The van der Waals surface area contributed by atoms with Crippen LogP contribution in [-0.2, 0) is 0 Å². The van der Waals surface area contributed by atoms with Crippen molar-refractivity contribution in [3.63, 3.8) is 0 Å². The quantitative estimate of drug-likeness (QED) is 0.166. The first kappa shape index (κ1) is 24.5. The Morgan fingerprint density at radius 2 is 1.41 bits per heavy atom. The minimum atomic E-state index is -0.870. The summed E-state index contributed by atoms with van der Waals surface area (Å²) >= 11 is 0. The van der Waals surface area contributed by atoms with E-state index in [1.807, 2.05) is 13.0 Å². The van der Waals surface area contributed by atoms with E-state index in [9.17, 15) is 30.6 Å². The fourth-order valence-corrected chi connectivity index (χ4v) is 5.99. The van der Waals surface area contributed by atoms with Crippen molar-refractivity contribution in [1.29, 1.82) is 0 Å². The molecule has 6 N–H and O–H groups in total. The fourth-order valence-electron chi connectivity index (χ4n) is 5.99. The summed E-state index contributed by atoms with van der Waals surface area (Å²) in [6.45, 7) is 1.92. The zero-order valence-corrected chi connectivity index (χ0v) is 21.7. The fraction of sp³-hybridized carbons (Fsp3) is 0.0909. The highest BCUT2D eigenvalue weighted by Crippen LogP contribution is 2.63. The van der Waals surface area contributed by atoms with Crippen LogP contribution in [0, 0.1) is 0 Å². The summed E-state index contributed by atoms with van der Waals surface area (Å²) in [5, 5.41) is 61.8. The van der Waals surface area contributed by atoms with Gasteiger partial charge in [0.1, 0.15) is 57.4 Å². The molecule has 2 atom stereocenters. The molecule has 2 aliphatic heterocycles. The van der Waals surface area contributed by atoms with Crippen LogP contribution >= 0.6 is 0 Å². The second-order valence-electron chi connectivity index (χ2n) is 10.5. The van der Waals surface area contributed by atoms with Crippen molar-refractivity contribution in [2.75, 3.05) is 0 Å². The number of aromatic hydroxyl groups is 6. The predicted octanol–water partition coefficient (Wildman–Crippen LogP) is 6.23. The summed E-state index contributed by atoms with van der Waals surface area (Å²) in [7, 11) is 0. The molecule has 0 fully saturated rings. The van der Waals surface area contributed by atoms with Crippen LogP contribution in [0.3, 0.4) is 0 Å². The molecule has 2 unspecified atom stereocenters. The topological polar surface area (TPSA) is 140 Å². The van der Waals surface area contributed by atoms with E-state index in [1.54, 1.807) is 54.6 Å². The molecule has 2 heterocycles. The normalized spacial score (nSPS) is 20.1. The van der Waals surface area contributed by atoms with Gasteiger partial charge in [0.2, 0.25) is 0 Å². The Bertz CT molecular complexity index is 1880. The molecular weight excluding hydrogens is 524 g/mol. The molecule has 7 rings (SSSR count). The van der Waals surface area contributed by atoms with Gasteiger partial charge in [0.25, 0.3) is 0 Å². The van der Waals surface area contributed by atoms with Gasteiger partial charge in [0, 0.05) is 34.9 Å². The van der Waals surface area contributed by atoms with Gasteiger partial charge in [-0.3, -0.25) is 0 Å². The molecule has 41 heavy (non-hydrogen) atoms. The molecule has 0 bridgehead atoms. The highest BCUT2D eigenvalue weighted by Gasteiger charge is 2.54. The molecule has 0 amide bonds. The van der Waals surface area contributed by atoms with Gasteiger partial charge in [0.15, 0.2) is 0 Å². The Hall–Kier alpha value is -5.50. The third kappa shape index (κ3) is 3.76. The van der Waals surface area contributed by atoms with Crippen molar-refractivity contribution in [3.05, 3.63) is 106 Å². The van der Waals surface area contributed by atoms with Crippen LogP contribution in [0.2, 0.25) is 0 Å². The predicted molar refractivity (Wildman–Crippen MR) is 152 cm³/mol. The van der Waals surface area contributed by atoms with Crippen LogP contribution in [0.1, 0.15) is 40.7 Å². The van der Waals surface area contributed by atoms with Crippen LogP contribution in [0.4, 0.5) is 0 Å². The van der Waals surface area contributed by atoms with Crippen molar-refractivity contribution >= 4 is 23.5 Å². The van der Waals surface area contributed by atoms with Gasteiger partial charge >= 0.3 is 0 Å². The number of ether oxygens (including phenoxy) is 2. The molecule has 4 aromatic carbocycles. The Morgan fingerprint density at radius 1 is 0.707 bits per heavy atom. The number of hydrogen-bond acceptors (Lipinski definition) is 8. The van der Waals surface area contributed by atoms with E-state index in [0.29, 0.717) is 50.7 Å². The van der Waals surface area contributed by atoms with Crippen LogP contribution in [0.5, 0.6) is 46.0 Å². The molecule has 8 nitrogen and oxygen atoms in total. The molecule has 0 saturated heterocycles. The molecule has 3 aliphatic rings. The number of fused-ring (bicyclic) bond motifs is 7. The Morgan fingerprint density at radius 3 is 2.17 bits per heavy atom. The minimum absolute atomic E-state index is 0.0377. The van der Waals surface area contributed by atoms with E-state index in [4.69, 9.17) is 9.47 Å². The first-order chi connectivity index (χ1) is 19.6. The number of phenolic OH excluding ortho intramolecular Hbond substituents is 6. The zero-order valence-electron chi connectivity index (χ0n) is 21.7. The monoisotopic (exact) mass is 548 g/mol. The minimum Gasteiger partial charge on any atom is -0.508 e. The van der Waals surface area contributed by atoms with Crippen LogP contribution < -0.4 is 9.47 Å². The van der Waals surface area contributed by atoms with Crippen LogP contribution in [0.25, 0.3) is 23.5 Å². The first-order valence-corrected chi connectivity index (χ1v) is 12.9. The standard InChI is InChI=1S/C33H24O8/c1-33-15-23-29-26(39)10-16(2-3-17-4-5-18(34)12-24(17)37)11-28(29)40-32(21-8-6-19(35)13-25(21)38)30(23)31(33)22-9-7-20(36)14-27(22)41-33/h2-15,31,34-39H,1H3/b3-2-. The van der Waals surface area contributed by atoms with Crippen molar-refractivity contribution in [2.24, 2.45) is 0 Å². The average molecular weight is 549 g/mol. The second-order valence-corrected chi connectivity index (χ2v) is 10.5. The van der Waals surface area contributed by atoms with Gasteiger partial charge in [0.05, 0.1) is 17.0 Å². The van der Waals surface area contributed by atoms with Crippen LogP contribution in [-0.4, -0.2) is 36.2 Å². The largest absolute Gasteiger partial charge is 0.508 e. The number of rotatable bonds is 3. The summed E-state index contributed by atoms with van der Waals surface area (Å²) in [6, 6.07) is 16.8. The number of hydrogen-bond donors (Lipinski definition) is 6. The zero-order chi connectivity index (χ0) is 28.6. The SMILES string of the molecule is CC12C=C3C(=C(c4ccc(O)cc4O)Oc4cc(/C=C\c5ccc(O)cc5O)cc(O)c43)C1c1ccc(O)cc1O2. The third-order valence-corrected chi connectivity index (χ3v) is 7.75. The molecular formula is C33H24O8. The van der Waals surface area contributed by atoms with Gasteiger partial charge in [-0.25, -0.2) is 0 Å². The molecule has 0 saturated carbocycles. The Labute approximate surface area is 234 Å². The smallest absolute Gasteiger partial charge is 0.143 e. The molecule has 1 aliphatic carbocycles. The lowest BCUT2D eigenvalue weighted by molar-refractivity contribution is 0.160. The Balaban J connectivity index is 1.40. The van der Waals surface area contributed by atoms with Crippen molar-refractivity contribution in [3.8, 4) is 46.0 Å². The van der Waals surface area contributed by atoms with Crippen LogP contribution in [0.15, 0.2) is 78.4 Å². The number of benzene rings is 4. The van der Waals surface area contributed by atoms with E-state index in [1.165, 1.54) is 24.3 Å². The van der Waals surface area contributed by atoms with Crippen molar-refractivity contribution in [2.45, 2.75) is 18.4 Å². The van der Waals surface area contributed by atoms with Gasteiger partial charge in [-0.2, -0.15) is 0 Å². The van der Waals surface area contributed by atoms with E-state index in [-0.39, 0.29) is 40.4 Å². The van der Waals surface area contributed by atoms with E-state index in [2.05, 4.69) is 0 Å². The molecule has 204 valence electrons. The maximum Gasteiger partial charge on any atom is 0.143 e. The molecule has 0 radical (unpaired) electrons. The first-order valence-electron chi connectivity index (χ1n) is 12.9. The van der Waals surface area contributed by atoms with E-state index >= 15 is 0 Å². The van der Waals surface area contributed by atoms with E-state index in [0.717, 1.165) is 5.56 Å². The average Bonchev–Trinajstić information content (AvgIpc) is 3.35. The molecule has 0 aromatic heterocycles. The summed E-state index contributed by atoms with van der Waals surface area (Å²) in [5.41, 5.74) is 3.19. The van der Waals surface area contributed by atoms with Crippen molar-refractivity contribution < 1.29 is 40.1 Å². The lowest BCUT2D eigenvalue weighted by Crippen LogP contribution is -2.29. The van der Waals surface area contributed by atoms with Crippen molar-refractivity contribution in [1.82, 2.24) is 0 Å². The lowest BCUT2D eigenvalue weighted by Gasteiger charge is -2.28. The van der Waals surface area contributed by atoms with Gasteiger partial charge in [-0.05, 0) is 66.6 Å². The summed E-state index contributed by atoms with van der Waals surface area (Å²) in [5.74, 6) is 0.437. The summed E-state index contributed by atoms with van der Waals surface area (Å²) < 4.78 is 12.8.